The van der Waals surface area contributed by atoms with Gasteiger partial charge in [-0.2, -0.15) is 0 Å². The summed E-state index contributed by atoms with van der Waals surface area (Å²) in [5.74, 6) is -2.91. The fraction of sp³-hybridized carbons (Fsp3) is 0.500. The molecule has 1 aromatic heterocycles. The number of rotatable bonds is 3. The summed E-state index contributed by atoms with van der Waals surface area (Å²) < 4.78 is 30.2. The summed E-state index contributed by atoms with van der Waals surface area (Å²) in [6.07, 6.45) is -0.653. The van der Waals surface area contributed by atoms with Crippen molar-refractivity contribution in [3.8, 4) is 5.75 Å². The summed E-state index contributed by atoms with van der Waals surface area (Å²) in [7, 11) is 1.47. The maximum absolute atomic E-state index is 12.6. The lowest BCUT2D eigenvalue weighted by atomic mass is 9.78. The van der Waals surface area contributed by atoms with Gasteiger partial charge in [-0.05, 0) is 11.4 Å². The predicted molar refractivity (Wildman–Crippen MR) is 52.9 cm³/mol. The Kier molecular flexibility index (Phi) is 2.50. The van der Waals surface area contributed by atoms with E-state index >= 15 is 0 Å². The lowest BCUT2D eigenvalue weighted by Gasteiger charge is -2.33. The minimum absolute atomic E-state index is 0.215. The molecule has 2 rings (SSSR count). The smallest absolute Gasteiger partial charge is 0.249 e. The Balaban J connectivity index is 2.10. The number of hydrogen-bond acceptors (Lipinski definition) is 3. The molecule has 15 heavy (non-hydrogen) atoms. The van der Waals surface area contributed by atoms with Crippen molar-refractivity contribution < 1.29 is 18.3 Å². The number of halogens is 2. The SMILES string of the molecule is COc1ccsc1C(=O)C1CC(F)(F)C1. The molecule has 82 valence electrons. The Hall–Kier alpha value is -0.970. The zero-order valence-electron chi connectivity index (χ0n) is 8.13. The highest BCUT2D eigenvalue weighted by Crippen LogP contribution is 2.45. The average molecular weight is 232 g/mol. The van der Waals surface area contributed by atoms with Gasteiger partial charge in [0, 0.05) is 18.8 Å². The maximum atomic E-state index is 12.6. The van der Waals surface area contributed by atoms with Gasteiger partial charge in [-0.15, -0.1) is 11.3 Å². The first-order valence-electron chi connectivity index (χ1n) is 4.57. The second kappa shape index (κ2) is 3.56. The normalized spacial score (nSPS) is 19.7. The van der Waals surface area contributed by atoms with Crippen LogP contribution in [0.25, 0.3) is 0 Å². The number of alkyl halides is 2. The topological polar surface area (TPSA) is 26.3 Å². The summed E-state index contributed by atoms with van der Waals surface area (Å²) in [5.41, 5.74) is 0. The Morgan fingerprint density at radius 3 is 2.80 bits per heavy atom. The van der Waals surface area contributed by atoms with Crippen LogP contribution in [0.15, 0.2) is 11.4 Å². The van der Waals surface area contributed by atoms with Gasteiger partial charge in [0.05, 0.1) is 7.11 Å². The highest BCUT2D eigenvalue weighted by molar-refractivity contribution is 7.12. The molecule has 2 nitrogen and oxygen atoms in total. The van der Waals surface area contributed by atoms with E-state index in [2.05, 4.69) is 0 Å². The molecule has 0 N–H and O–H groups in total. The summed E-state index contributed by atoms with van der Waals surface area (Å²) in [4.78, 5) is 12.2. The standard InChI is InChI=1S/C10H10F2O2S/c1-14-7-2-3-15-9(7)8(13)6-4-10(11,12)5-6/h2-3,6H,4-5H2,1H3. The van der Waals surface area contributed by atoms with E-state index in [1.54, 1.807) is 11.4 Å². The molecule has 0 spiro atoms. The average Bonchev–Trinajstić information content (AvgIpc) is 2.60. The van der Waals surface area contributed by atoms with E-state index in [1.165, 1.54) is 18.4 Å². The quantitative estimate of drug-likeness (QED) is 0.749. The first kappa shape index (κ1) is 10.5. The van der Waals surface area contributed by atoms with Gasteiger partial charge in [0.1, 0.15) is 10.6 Å². The van der Waals surface area contributed by atoms with Gasteiger partial charge < -0.3 is 4.74 Å². The van der Waals surface area contributed by atoms with Crippen LogP contribution in [0.5, 0.6) is 5.75 Å². The second-order valence-electron chi connectivity index (χ2n) is 3.64. The van der Waals surface area contributed by atoms with Crippen LogP contribution in [-0.4, -0.2) is 18.8 Å². The van der Waals surface area contributed by atoms with Crippen molar-refractivity contribution in [3.63, 3.8) is 0 Å². The van der Waals surface area contributed by atoms with E-state index in [-0.39, 0.29) is 18.6 Å². The van der Waals surface area contributed by atoms with Crippen molar-refractivity contribution in [3.05, 3.63) is 16.3 Å². The van der Waals surface area contributed by atoms with Gasteiger partial charge in [0.2, 0.25) is 5.92 Å². The third-order valence-corrected chi connectivity index (χ3v) is 3.44. The number of carbonyl (C=O) groups is 1. The highest BCUT2D eigenvalue weighted by atomic mass is 32.1. The fourth-order valence-corrected chi connectivity index (χ4v) is 2.55. The summed E-state index contributed by atoms with van der Waals surface area (Å²) in [6, 6.07) is 1.68. The first-order chi connectivity index (χ1) is 7.03. The minimum atomic E-state index is -2.65. The van der Waals surface area contributed by atoms with Crippen LogP contribution in [0.4, 0.5) is 8.78 Å². The zero-order chi connectivity index (χ0) is 11.1. The van der Waals surface area contributed by atoms with Gasteiger partial charge in [-0.25, -0.2) is 8.78 Å². The second-order valence-corrected chi connectivity index (χ2v) is 4.56. The number of thiophene rings is 1. The Bertz CT molecular complexity index is 379. The molecule has 0 radical (unpaired) electrons. The van der Waals surface area contributed by atoms with Gasteiger partial charge in [-0.1, -0.05) is 0 Å². The number of hydrogen-bond donors (Lipinski definition) is 0. The molecule has 1 heterocycles. The molecule has 0 amide bonds. The number of ketones is 1. The Morgan fingerprint density at radius 1 is 1.60 bits per heavy atom. The molecule has 0 atom stereocenters. The highest BCUT2D eigenvalue weighted by Gasteiger charge is 2.49. The molecular formula is C10H10F2O2S. The zero-order valence-corrected chi connectivity index (χ0v) is 8.94. The molecule has 1 fully saturated rings. The fourth-order valence-electron chi connectivity index (χ4n) is 1.67. The molecule has 0 bridgehead atoms. The van der Waals surface area contributed by atoms with E-state index in [1.807, 2.05) is 0 Å². The summed E-state index contributed by atoms with van der Waals surface area (Å²) in [5, 5.41) is 1.73. The van der Waals surface area contributed by atoms with Gasteiger partial charge in [0.15, 0.2) is 5.78 Å². The molecule has 1 aliphatic rings. The molecule has 0 aromatic carbocycles. The first-order valence-corrected chi connectivity index (χ1v) is 5.45. The molecular weight excluding hydrogens is 222 g/mol. The largest absolute Gasteiger partial charge is 0.495 e. The molecule has 1 saturated carbocycles. The van der Waals surface area contributed by atoms with Crippen LogP contribution in [-0.2, 0) is 0 Å². The predicted octanol–water partition coefficient (Wildman–Crippen LogP) is 2.98. The van der Waals surface area contributed by atoms with Crippen molar-refractivity contribution in [2.75, 3.05) is 7.11 Å². The van der Waals surface area contributed by atoms with Gasteiger partial charge in [0.25, 0.3) is 0 Å². The van der Waals surface area contributed by atoms with Crippen molar-refractivity contribution in [2.24, 2.45) is 5.92 Å². The van der Waals surface area contributed by atoms with Crippen LogP contribution >= 0.6 is 11.3 Å². The number of Topliss-reactive ketones (excluding diaryl/α,β-unsaturated/α-hetero) is 1. The van der Waals surface area contributed by atoms with Crippen LogP contribution in [0.1, 0.15) is 22.5 Å². The van der Waals surface area contributed by atoms with Crippen molar-refractivity contribution in [1.29, 1.82) is 0 Å². The number of ether oxygens (including phenoxy) is 1. The lowest BCUT2D eigenvalue weighted by Crippen LogP contribution is -2.39. The molecule has 0 saturated heterocycles. The summed E-state index contributed by atoms with van der Waals surface area (Å²) in [6.45, 7) is 0. The van der Waals surface area contributed by atoms with Crippen LogP contribution in [0, 0.1) is 5.92 Å². The number of carbonyl (C=O) groups excluding carboxylic acids is 1. The summed E-state index contributed by atoms with van der Waals surface area (Å²) >= 11 is 1.24. The van der Waals surface area contributed by atoms with Crippen LogP contribution in [0.2, 0.25) is 0 Å². The molecule has 1 aliphatic carbocycles. The van der Waals surface area contributed by atoms with Crippen LogP contribution in [0.3, 0.4) is 0 Å². The van der Waals surface area contributed by atoms with Gasteiger partial charge in [-0.3, -0.25) is 4.79 Å². The van der Waals surface area contributed by atoms with E-state index in [4.69, 9.17) is 4.74 Å². The lowest BCUT2D eigenvalue weighted by molar-refractivity contribution is -0.0981. The maximum Gasteiger partial charge on any atom is 0.249 e. The van der Waals surface area contributed by atoms with E-state index in [0.717, 1.165) is 0 Å². The van der Waals surface area contributed by atoms with Crippen LogP contribution < -0.4 is 4.74 Å². The molecule has 0 aliphatic heterocycles. The van der Waals surface area contributed by atoms with E-state index in [9.17, 15) is 13.6 Å². The molecule has 1 aromatic rings. The van der Waals surface area contributed by atoms with Crippen molar-refractivity contribution >= 4 is 17.1 Å². The number of methoxy groups -OCH3 is 1. The Labute approximate surface area is 89.9 Å². The van der Waals surface area contributed by atoms with Crippen molar-refractivity contribution in [2.45, 2.75) is 18.8 Å². The third-order valence-electron chi connectivity index (χ3n) is 2.53. The van der Waals surface area contributed by atoms with E-state index in [0.29, 0.717) is 10.6 Å². The third kappa shape index (κ3) is 1.88. The van der Waals surface area contributed by atoms with Gasteiger partial charge >= 0.3 is 0 Å². The van der Waals surface area contributed by atoms with E-state index < -0.39 is 11.8 Å². The molecule has 5 heteroatoms. The molecule has 0 unspecified atom stereocenters. The van der Waals surface area contributed by atoms with Crippen molar-refractivity contribution in [1.82, 2.24) is 0 Å². The minimum Gasteiger partial charge on any atom is -0.495 e. The Morgan fingerprint density at radius 2 is 2.27 bits per heavy atom. The monoisotopic (exact) mass is 232 g/mol.